The third kappa shape index (κ3) is 6.59. The molecule has 3 rings (SSSR count). The summed E-state index contributed by atoms with van der Waals surface area (Å²) in [6, 6.07) is 13.4. The minimum absolute atomic E-state index is 0.0858. The average Bonchev–Trinajstić information content (AvgIpc) is 2.83. The highest BCUT2D eigenvalue weighted by Crippen LogP contribution is 2.29. The van der Waals surface area contributed by atoms with E-state index in [4.69, 9.17) is 20.6 Å². The summed E-state index contributed by atoms with van der Waals surface area (Å²) in [5, 5.41) is 10.4. The summed E-state index contributed by atoms with van der Waals surface area (Å²) >= 11 is 0. The summed E-state index contributed by atoms with van der Waals surface area (Å²) in [6.07, 6.45) is 3.81. The van der Waals surface area contributed by atoms with Gasteiger partial charge in [0.25, 0.3) is 0 Å². The number of amidine groups is 1. The lowest BCUT2D eigenvalue weighted by atomic mass is 10.1. The molecule has 0 radical (unpaired) electrons. The van der Waals surface area contributed by atoms with E-state index in [0.717, 1.165) is 24.9 Å². The monoisotopic (exact) mass is 480 g/mol. The van der Waals surface area contributed by atoms with Gasteiger partial charge in [-0.25, -0.2) is 0 Å². The molecule has 1 saturated heterocycles. The van der Waals surface area contributed by atoms with Gasteiger partial charge in [0, 0.05) is 43.2 Å². The quantitative estimate of drug-likeness (QED) is 0.204. The van der Waals surface area contributed by atoms with Crippen LogP contribution in [0, 0.1) is 5.41 Å². The fraction of sp³-hybridized carbons (Fsp3) is 0.385. The highest BCUT2D eigenvalue weighted by Gasteiger charge is 2.44. The normalized spacial score (nSPS) is 15.1. The first-order chi connectivity index (χ1) is 16.7. The van der Waals surface area contributed by atoms with E-state index in [-0.39, 0.29) is 23.9 Å². The van der Waals surface area contributed by atoms with Crippen LogP contribution in [-0.4, -0.2) is 36.0 Å². The zero-order valence-electron chi connectivity index (χ0n) is 20.1. The molecular formula is C26H32N4O5. The van der Waals surface area contributed by atoms with Crippen LogP contribution in [0.5, 0.6) is 5.75 Å². The van der Waals surface area contributed by atoms with Gasteiger partial charge >= 0.3 is 17.7 Å². The van der Waals surface area contributed by atoms with Crippen LogP contribution >= 0.6 is 0 Å². The van der Waals surface area contributed by atoms with Crippen LogP contribution < -0.4 is 20.7 Å². The highest BCUT2D eigenvalue weighted by molar-refractivity contribution is 5.99. The van der Waals surface area contributed by atoms with Crippen molar-refractivity contribution in [2.24, 2.45) is 5.73 Å². The zero-order chi connectivity index (χ0) is 25.4. The molecule has 0 spiro atoms. The first kappa shape index (κ1) is 25.7. The number of benzene rings is 2. The number of ether oxygens (including phenoxy) is 2. The first-order valence-electron chi connectivity index (χ1n) is 11.8. The van der Waals surface area contributed by atoms with Crippen molar-refractivity contribution in [1.29, 1.82) is 5.41 Å². The number of hydrogen-bond donors (Lipinski definition) is 3. The molecule has 0 bridgehead atoms. The van der Waals surface area contributed by atoms with E-state index in [0.29, 0.717) is 30.6 Å². The van der Waals surface area contributed by atoms with E-state index in [2.05, 4.69) is 5.32 Å². The van der Waals surface area contributed by atoms with E-state index in [1.165, 1.54) is 13.0 Å². The van der Waals surface area contributed by atoms with Gasteiger partial charge < -0.3 is 25.4 Å². The number of carbonyl (C=O) groups is 3. The van der Waals surface area contributed by atoms with Gasteiger partial charge in [0.15, 0.2) is 0 Å². The number of nitrogens with zero attached hydrogens (tertiary/aromatic N) is 1. The molecule has 1 aliphatic heterocycles. The summed E-state index contributed by atoms with van der Waals surface area (Å²) < 4.78 is 11.5. The third-order valence-corrected chi connectivity index (χ3v) is 5.70. The Labute approximate surface area is 205 Å². The molecule has 0 saturated carbocycles. The minimum atomic E-state index is -1.92. The molecule has 1 atom stereocenters. The van der Waals surface area contributed by atoms with Crippen LogP contribution in [0.15, 0.2) is 48.5 Å². The number of esters is 1. The molecular weight excluding hydrogens is 448 g/mol. The van der Waals surface area contributed by atoms with Gasteiger partial charge in [-0.1, -0.05) is 25.5 Å². The van der Waals surface area contributed by atoms with Crippen molar-refractivity contribution >= 4 is 35.0 Å². The number of nitrogens with one attached hydrogen (secondary N) is 2. The van der Waals surface area contributed by atoms with E-state index in [1.807, 2.05) is 6.92 Å². The molecule has 9 nitrogen and oxygen atoms in total. The number of rotatable bonds is 10. The number of nitrogens with two attached hydrogens (primary N) is 1. The Morgan fingerprint density at radius 2 is 1.91 bits per heavy atom. The van der Waals surface area contributed by atoms with Gasteiger partial charge in [0.1, 0.15) is 11.6 Å². The minimum Gasteiger partial charge on any atom is -0.444 e. The number of amides is 2. The number of carbonyl (C=O) groups excluding carboxylic acids is 3. The van der Waals surface area contributed by atoms with E-state index < -0.39 is 17.7 Å². The molecule has 0 aliphatic carbocycles. The summed E-state index contributed by atoms with van der Waals surface area (Å²) in [5.74, 6) is -3.06. The van der Waals surface area contributed by atoms with E-state index in [9.17, 15) is 14.4 Å². The van der Waals surface area contributed by atoms with Gasteiger partial charge in [-0.3, -0.25) is 19.8 Å². The molecule has 2 aromatic carbocycles. The molecule has 35 heavy (non-hydrogen) atoms. The van der Waals surface area contributed by atoms with Crippen molar-refractivity contribution in [2.45, 2.75) is 58.2 Å². The molecule has 1 unspecified atom stereocenters. The largest absolute Gasteiger partial charge is 0.444 e. The van der Waals surface area contributed by atoms with Gasteiger partial charge in [-0.05, 0) is 55.7 Å². The average molecular weight is 481 g/mol. The zero-order valence-corrected chi connectivity index (χ0v) is 20.1. The molecule has 4 N–H and O–H groups in total. The van der Waals surface area contributed by atoms with Crippen molar-refractivity contribution in [2.75, 3.05) is 16.8 Å². The van der Waals surface area contributed by atoms with Crippen LogP contribution in [0.25, 0.3) is 0 Å². The van der Waals surface area contributed by atoms with Gasteiger partial charge in [0.05, 0.1) is 0 Å². The summed E-state index contributed by atoms with van der Waals surface area (Å²) in [7, 11) is 0. The Morgan fingerprint density at radius 1 is 1.17 bits per heavy atom. The molecule has 1 fully saturated rings. The van der Waals surface area contributed by atoms with Crippen molar-refractivity contribution in [3.05, 3.63) is 54.1 Å². The standard InChI is InChI=1S/C26H32N4O5/c1-3-4-15-26(34-18(2)31,35-22-9-7-8-19(17-22)24(27)28)25(33)29-20-11-13-21(14-12-20)30-16-6-5-10-23(30)32/h7-9,11-14,17H,3-6,10,15-16H2,1-2H3,(H3,27,28)(H,29,33). The second kappa shape index (κ2) is 11.5. The molecule has 9 heteroatoms. The Kier molecular flexibility index (Phi) is 8.46. The van der Waals surface area contributed by atoms with E-state index in [1.54, 1.807) is 47.4 Å². The number of hydrogen-bond acceptors (Lipinski definition) is 6. The topological polar surface area (TPSA) is 135 Å². The molecule has 2 aromatic rings. The van der Waals surface area contributed by atoms with Crippen molar-refractivity contribution < 1.29 is 23.9 Å². The Balaban J connectivity index is 1.86. The third-order valence-electron chi connectivity index (χ3n) is 5.70. The first-order valence-corrected chi connectivity index (χ1v) is 11.8. The Hall–Kier alpha value is -3.88. The maximum atomic E-state index is 13.5. The van der Waals surface area contributed by atoms with Crippen molar-refractivity contribution in [3.8, 4) is 5.75 Å². The van der Waals surface area contributed by atoms with Gasteiger partial charge in [-0.15, -0.1) is 0 Å². The lowest BCUT2D eigenvalue weighted by molar-refractivity contribution is -0.200. The van der Waals surface area contributed by atoms with Crippen molar-refractivity contribution in [3.63, 3.8) is 0 Å². The maximum Gasteiger partial charge on any atom is 0.334 e. The number of piperidine rings is 1. The molecule has 0 aromatic heterocycles. The summed E-state index contributed by atoms with van der Waals surface area (Å²) in [4.78, 5) is 39.5. The number of anilines is 2. The summed E-state index contributed by atoms with van der Waals surface area (Å²) in [6.45, 7) is 3.84. The molecule has 2 amide bonds. The predicted molar refractivity (Wildman–Crippen MR) is 133 cm³/mol. The van der Waals surface area contributed by atoms with Crippen LogP contribution in [-0.2, 0) is 19.1 Å². The van der Waals surface area contributed by atoms with E-state index >= 15 is 0 Å². The second-order valence-electron chi connectivity index (χ2n) is 8.50. The van der Waals surface area contributed by atoms with Crippen molar-refractivity contribution in [1.82, 2.24) is 0 Å². The molecule has 1 heterocycles. The second-order valence-corrected chi connectivity index (χ2v) is 8.50. The lowest BCUT2D eigenvalue weighted by Gasteiger charge is -2.32. The fourth-order valence-electron chi connectivity index (χ4n) is 3.92. The molecule has 1 aliphatic rings. The SMILES string of the molecule is CCCCC(OC(C)=O)(Oc1cccc(C(=N)N)c1)C(=O)Nc1ccc(N2CCCCC2=O)cc1. The number of unbranched alkanes of at least 4 members (excludes halogenated alkanes) is 1. The lowest BCUT2D eigenvalue weighted by Crippen LogP contribution is -2.51. The molecule has 186 valence electrons. The highest BCUT2D eigenvalue weighted by atomic mass is 16.7. The Bertz CT molecular complexity index is 1090. The predicted octanol–water partition coefficient (Wildman–Crippen LogP) is 3.95. The maximum absolute atomic E-state index is 13.5. The van der Waals surface area contributed by atoms with Gasteiger partial charge in [-0.2, -0.15) is 0 Å². The van der Waals surface area contributed by atoms with Crippen LogP contribution in [0.3, 0.4) is 0 Å². The van der Waals surface area contributed by atoms with Crippen LogP contribution in [0.4, 0.5) is 11.4 Å². The van der Waals surface area contributed by atoms with Gasteiger partial charge in [0.2, 0.25) is 5.91 Å². The smallest absolute Gasteiger partial charge is 0.334 e. The summed E-state index contributed by atoms with van der Waals surface area (Å²) in [5.41, 5.74) is 7.23. The fourth-order valence-corrected chi connectivity index (χ4v) is 3.92. The Morgan fingerprint density at radius 3 is 2.54 bits per heavy atom. The van der Waals surface area contributed by atoms with Crippen LogP contribution in [0.2, 0.25) is 0 Å². The van der Waals surface area contributed by atoms with Crippen LogP contribution in [0.1, 0.15) is 57.9 Å². The number of nitrogen functional groups attached to an aromatic ring is 1.